The normalized spacial score (nSPS) is 16.1. The van der Waals surface area contributed by atoms with E-state index in [1.807, 2.05) is 18.2 Å². The Morgan fingerprint density at radius 2 is 1.88 bits per heavy atom. The molecule has 0 unspecified atom stereocenters. The molecule has 0 fully saturated rings. The van der Waals surface area contributed by atoms with Gasteiger partial charge in [-0.15, -0.1) is 0 Å². The average Bonchev–Trinajstić information content (AvgIpc) is 3.18. The van der Waals surface area contributed by atoms with Crippen molar-refractivity contribution < 1.29 is 28.5 Å². The number of carbonyl (C=O) groups is 1. The number of benzene rings is 2. The maximum Gasteiger partial charge on any atom is 0.348 e. The number of esters is 1. The van der Waals surface area contributed by atoms with E-state index in [0.29, 0.717) is 39.9 Å². The van der Waals surface area contributed by atoms with Gasteiger partial charge in [0.25, 0.3) is 0 Å². The highest BCUT2D eigenvalue weighted by molar-refractivity contribution is 6.08. The molecular formula is C18H14O6. The van der Waals surface area contributed by atoms with Crippen LogP contribution in [0.15, 0.2) is 30.3 Å². The first kappa shape index (κ1) is 14.4. The summed E-state index contributed by atoms with van der Waals surface area (Å²) in [5, 5.41) is 0. The Labute approximate surface area is 138 Å². The molecule has 2 heterocycles. The minimum atomic E-state index is -0.465. The molecule has 24 heavy (non-hydrogen) atoms. The SMILES string of the molecule is COc1ccc2c(c1OC)C(=O)O/C2=C\c1ccc2c(c1)OCO2. The van der Waals surface area contributed by atoms with Crippen LogP contribution < -0.4 is 18.9 Å². The summed E-state index contributed by atoms with van der Waals surface area (Å²) < 4.78 is 26.6. The second kappa shape index (κ2) is 5.49. The third-order valence-corrected chi connectivity index (χ3v) is 3.91. The number of hydrogen-bond donors (Lipinski definition) is 0. The van der Waals surface area contributed by atoms with Gasteiger partial charge in [-0.3, -0.25) is 0 Å². The highest BCUT2D eigenvalue weighted by Gasteiger charge is 2.32. The molecule has 0 aromatic heterocycles. The standard InChI is InChI=1S/C18H14O6/c1-20-13-6-4-11-14(24-18(19)16(11)17(13)21-2)7-10-3-5-12-15(8-10)23-9-22-12/h3-8H,9H2,1-2H3/b14-7-. The Morgan fingerprint density at radius 1 is 1.04 bits per heavy atom. The maximum atomic E-state index is 12.3. The molecule has 0 N–H and O–H groups in total. The zero-order chi connectivity index (χ0) is 16.7. The third-order valence-electron chi connectivity index (χ3n) is 3.91. The fraction of sp³-hybridized carbons (Fsp3) is 0.167. The number of fused-ring (bicyclic) bond motifs is 2. The summed E-state index contributed by atoms with van der Waals surface area (Å²) in [6.45, 7) is 0.212. The van der Waals surface area contributed by atoms with Crippen molar-refractivity contribution in [3.63, 3.8) is 0 Å². The molecule has 0 saturated carbocycles. The predicted octanol–water partition coefficient (Wildman–Crippen LogP) is 3.10. The van der Waals surface area contributed by atoms with E-state index in [1.54, 1.807) is 18.2 Å². The number of methoxy groups -OCH3 is 2. The molecular weight excluding hydrogens is 312 g/mol. The lowest BCUT2D eigenvalue weighted by Gasteiger charge is -2.09. The second-order valence-electron chi connectivity index (χ2n) is 5.23. The van der Waals surface area contributed by atoms with Gasteiger partial charge in [0.05, 0.1) is 14.2 Å². The largest absolute Gasteiger partial charge is 0.493 e. The van der Waals surface area contributed by atoms with Crippen LogP contribution in [0.25, 0.3) is 11.8 Å². The monoisotopic (exact) mass is 326 g/mol. The Hall–Kier alpha value is -3.15. The quantitative estimate of drug-likeness (QED) is 0.808. The van der Waals surface area contributed by atoms with Gasteiger partial charge in [0.2, 0.25) is 6.79 Å². The highest BCUT2D eigenvalue weighted by Crippen LogP contribution is 2.42. The lowest BCUT2D eigenvalue weighted by atomic mass is 10.0. The van der Waals surface area contributed by atoms with Crippen LogP contribution in [0, 0.1) is 0 Å². The molecule has 2 aromatic carbocycles. The Kier molecular flexibility index (Phi) is 3.30. The molecule has 0 radical (unpaired) electrons. The molecule has 2 aliphatic heterocycles. The van der Waals surface area contributed by atoms with E-state index in [-0.39, 0.29) is 6.79 Å². The topological polar surface area (TPSA) is 63.2 Å². The molecule has 0 atom stereocenters. The molecule has 2 aliphatic rings. The molecule has 6 heteroatoms. The number of cyclic esters (lactones) is 1. The number of hydrogen-bond acceptors (Lipinski definition) is 6. The van der Waals surface area contributed by atoms with E-state index in [2.05, 4.69) is 0 Å². The zero-order valence-electron chi connectivity index (χ0n) is 13.1. The van der Waals surface area contributed by atoms with Gasteiger partial charge < -0.3 is 23.7 Å². The molecule has 4 rings (SSSR count). The van der Waals surface area contributed by atoms with Crippen molar-refractivity contribution in [1.29, 1.82) is 0 Å². The van der Waals surface area contributed by atoms with Gasteiger partial charge in [-0.25, -0.2) is 4.79 Å². The smallest absolute Gasteiger partial charge is 0.348 e. The van der Waals surface area contributed by atoms with E-state index in [0.717, 1.165) is 5.56 Å². The van der Waals surface area contributed by atoms with Crippen LogP contribution in [0.2, 0.25) is 0 Å². The summed E-state index contributed by atoms with van der Waals surface area (Å²) in [5.41, 5.74) is 1.86. The number of ether oxygens (including phenoxy) is 5. The van der Waals surface area contributed by atoms with E-state index >= 15 is 0 Å². The van der Waals surface area contributed by atoms with E-state index in [1.165, 1.54) is 14.2 Å². The Balaban J connectivity index is 1.79. The van der Waals surface area contributed by atoms with E-state index < -0.39 is 5.97 Å². The van der Waals surface area contributed by atoms with Crippen LogP contribution in [0.1, 0.15) is 21.5 Å². The average molecular weight is 326 g/mol. The minimum absolute atomic E-state index is 0.212. The van der Waals surface area contributed by atoms with Crippen molar-refractivity contribution in [3.05, 3.63) is 47.0 Å². The van der Waals surface area contributed by atoms with E-state index in [9.17, 15) is 4.79 Å². The van der Waals surface area contributed by atoms with Crippen molar-refractivity contribution in [2.45, 2.75) is 0 Å². The molecule has 2 aromatic rings. The van der Waals surface area contributed by atoms with Crippen molar-refractivity contribution in [3.8, 4) is 23.0 Å². The fourth-order valence-electron chi connectivity index (χ4n) is 2.80. The molecule has 122 valence electrons. The fourth-order valence-corrected chi connectivity index (χ4v) is 2.80. The second-order valence-corrected chi connectivity index (χ2v) is 5.23. The van der Waals surface area contributed by atoms with Gasteiger partial charge >= 0.3 is 5.97 Å². The van der Waals surface area contributed by atoms with Crippen LogP contribution in [0.3, 0.4) is 0 Å². The molecule has 0 saturated heterocycles. The third kappa shape index (κ3) is 2.15. The number of rotatable bonds is 3. The summed E-state index contributed by atoms with van der Waals surface area (Å²) in [6, 6.07) is 9.05. The Bertz CT molecular complexity index is 868. The summed E-state index contributed by atoms with van der Waals surface area (Å²) in [5.74, 6) is 2.21. The van der Waals surface area contributed by atoms with Gasteiger partial charge in [0.15, 0.2) is 23.0 Å². The summed E-state index contributed by atoms with van der Waals surface area (Å²) in [4.78, 5) is 12.3. The zero-order valence-corrected chi connectivity index (χ0v) is 13.1. The van der Waals surface area contributed by atoms with Gasteiger partial charge in [-0.2, -0.15) is 0 Å². The van der Waals surface area contributed by atoms with E-state index in [4.69, 9.17) is 23.7 Å². The highest BCUT2D eigenvalue weighted by atomic mass is 16.7. The first-order chi connectivity index (χ1) is 11.7. The van der Waals surface area contributed by atoms with Crippen LogP contribution in [-0.2, 0) is 4.74 Å². The van der Waals surface area contributed by atoms with Crippen LogP contribution in [0.4, 0.5) is 0 Å². The van der Waals surface area contributed by atoms with Crippen LogP contribution in [0.5, 0.6) is 23.0 Å². The van der Waals surface area contributed by atoms with Crippen molar-refractivity contribution >= 4 is 17.8 Å². The molecule has 6 nitrogen and oxygen atoms in total. The first-order valence-electron chi connectivity index (χ1n) is 7.30. The Morgan fingerprint density at radius 3 is 2.67 bits per heavy atom. The van der Waals surface area contributed by atoms with Crippen LogP contribution in [-0.4, -0.2) is 27.0 Å². The summed E-state index contributed by atoms with van der Waals surface area (Å²) in [7, 11) is 3.01. The predicted molar refractivity (Wildman–Crippen MR) is 85.4 cm³/mol. The van der Waals surface area contributed by atoms with Crippen molar-refractivity contribution in [2.24, 2.45) is 0 Å². The minimum Gasteiger partial charge on any atom is -0.493 e. The number of carbonyl (C=O) groups excluding carboxylic acids is 1. The summed E-state index contributed by atoms with van der Waals surface area (Å²) >= 11 is 0. The van der Waals surface area contributed by atoms with Gasteiger partial charge in [-0.05, 0) is 35.9 Å². The molecule has 0 spiro atoms. The van der Waals surface area contributed by atoms with Crippen LogP contribution >= 0.6 is 0 Å². The molecule has 0 bridgehead atoms. The first-order valence-corrected chi connectivity index (χ1v) is 7.30. The van der Waals surface area contributed by atoms with Gasteiger partial charge in [0, 0.05) is 5.56 Å². The maximum absolute atomic E-state index is 12.3. The van der Waals surface area contributed by atoms with Gasteiger partial charge in [0.1, 0.15) is 11.3 Å². The summed E-state index contributed by atoms with van der Waals surface area (Å²) in [6.07, 6.45) is 1.78. The lowest BCUT2D eigenvalue weighted by molar-refractivity contribution is 0.0713. The van der Waals surface area contributed by atoms with Crippen molar-refractivity contribution in [2.75, 3.05) is 21.0 Å². The van der Waals surface area contributed by atoms with Crippen molar-refractivity contribution in [1.82, 2.24) is 0 Å². The molecule has 0 aliphatic carbocycles. The molecule has 0 amide bonds. The van der Waals surface area contributed by atoms with Gasteiger partial charge in [-0.1, -0.05) is 6.07 Å². The lowest BCUT2D eigenvalue weighted by Crippen LogP contribution is -2.00.